The number of carboxylic acid groups (broad SMARTS) is 1. The van der Waals surface area contributed by atoms with Crippen molar-refractivity contribution in [2.75, 3.05) is 13.1 Å². The van der Waals surface area contributed by atoms with Crippen LogP contribution < -0.4 is 0 Å². The molecular formula is C8H12FNO3. The second-order valence-corrected chi connectivity index (χ2v) is 3.21. The number of hydrogen-bond acceptors (Lipinski definition) is 2. The lowest BCUT2D eigenvalue weighted by Crippen LogP contribution is -2.46. The summed E-state index contributed by atoms with van der Waals surface area (Å²) in [5.41, 5.74) is 0. The first kappa shape index (κ1) is 9.95. The Hall–Kier alpha value is -1.13. The molecule has 5 heteroatoms. The lowest BCUT2D eigenvalue weighted by molar-refractivity contribution is -0.149. The first-order chi connectivity index (χ1) is 6.02. The average Bonchev–Trinajstić information content (AvgIpc) is 2.03. The SMILES string of the molecule is CC(=O)N1CC[C@H](C(=O)O)[C@H](F)C1. The van der Waals surface area contributed by atoms with E-state index >= 15 is 0 Å². The third-order valence-corrected chi connectivity index (χ3v) is 2.30. The van der Waals surface area contributed by atoms with Gasteiger partial charge in [0.15, 0.2) is 0 Å². The number of nitrogens with zero attached hydrogens (tertiary/aromatic N) is 1. The second-order valence-electron chi connectivity index (χ2n) is 3.21. The number of hydrogen-bond donors (Lipinski definition) is 1. The Morgan fingerprint density at radius 3 is 2.54 bits per heavy atom. The normalized spacial score (nSPS) is 28.6. The van der Waals surface area contributed by atoms with Crippen LogP contribution in [0, 0.1) is 5.92 Å². The molecule has 1 rings (SSSR count). The van der Waals surface area contributed by atoms with Gasteiger partial charge in [0.25, 0.3) is 0 Å². The van der Waals surface area contributed by atoms with Crippen molar-refractivity contribution < 1.29 is 19.1 Å². The Labute approximate surface area is 75.3 Å². The summed E-state index contributed by atoms with van der Waals surface area (Å²) >= 11 is 0. The molecule has 1 saturated heterocycles. The molecule has 0 unspecified atom stereocenters. The molecule has 0 radical (unpaired) electrons. The number of halogens is 1. The molecule has 13 heavy (non-hydrogen) atoms. The first-order valence-electron chi connectivity index (χ1n) is 4.14. The van der Waals surface area contributed by atoms with E-state index in [1.165, 1.54) is 11.8 Å². The highest BCUT2D eigenvalue weighted by molar-refractivity contribution is 5.75. The number of amides is 1. The van der Waals surface area contributed by atoms with Gasteiger partial charge < -0.3 is 10.0 Å². The van der Waals surface area contributed by atoms with Gasteiger partial charge in [0.05, 0.1) is 12.5 Å². The van der Waals surface area contributed by atoms with Crippen LogP contribution in [0.2, 0.25) is 0 Å². The molecule has 1 heterocycles. The molecule has 1 aliphatic heterocycles. The minimum Gasteiger partial charge on any atom is -0.481 e. The molecule has 0 saturated carbocycles. The summed E-state index contributed by atoms with van der Waals surface area (Å²) in [5.74, 6) is -2.27. The maximum Gasteiger partial charge on any atom is 0.309 e. The standard InChI is InChI=1S/C8H12FNO3/c1-5(11)10-3-2-6(8(12)13)7(9)4-10/h6-7H,2-4H2,1H3,(H,12,13)/t6-,7+/m0/s1. The summed E-state index contributed by atoms with van der Waals surface area (Å²) in [6.07, 6.45) is -1.23. The average molecular weight is 189 g/mol. The van der Waals surface area contributed by atoms with E-state index in [1.807, 2.05) is 0 Å². The van der Waals surface area contributed by atoms with Crippen LogP contribution in [0.1, 0.15) is 13.3 Å². The Bertz CT molecular complexity index is 231. The van der Waals surface area contributed by atoms with E-state index in [-0.39, 0.29) is 18.9 Å². The van der Waals surface area contributed by atoms with Crippen molar-refractivity contribution in [2.45, 2.75) is 19.5 Å². The van der Waals surface area contributed by atoms with Crippen LogP contribution in [0.3, 0.4) is 0 Å². The van der Waals surface area contributed by atoms with Gasteiger partial charge in [-0.25, -0.2) is 4.39 Å². The van der Waals surface area contributed by atoms with E-state index < -0.39 is 18.1 Å². The van der Waals surface area contributed by atoms with Gasteiger partial charge in [-0.15, -0.1) is 0 Å². The van der Waals surface area contributed by atoms with Crippen molar-refractivity contribution in [3.8, 4) is 0 Å². The fourth-order valence-electron chi connectivity index (χ4n) is 1.47. The zero-order valence-electron chi connectivity index (χ0n) is 7.36. The highest BCUT2D eigenvalue weighted by Gasteiger charge is 2.34. The number of carboxylic acids is 1. The molecule has 0 aromatic heterocycles. The minimum atomic E-state index is -1.44. The van der Waals surface area contributed by atoms with Gasteiger partial charge in [-0.05, 0) is 6.42 Å². The van der Waals surface area contributed by atoms with E-state index in [1.54, 1.807) is 0 Å². The first-order valence-corrected chi connectivity index (χ1v) is 4.14. The number of likely N-dealkylation sites (tertiary alicyclic amines) is 1. The maximum atomic E-state index is 13.1. The van der Waals surface area contributed by atoms with Crippen LogP contribution in [0.25, 0.3) is 0 Å². The van der Waals surface area contributed by atoms with E-state index in [9.17, 15) is 14.0 Å². The smallest absolute Gasteiger partial charge is 0.309 e. The van der Waals surface area contributed by atoms with Gasteiger partial charge in [0.1, 0.15) is 6.17 Å². The Kier molecular flexibility index (Phi) is 2.85. The molecule has 2 atom stereocenters. The summed E-state index contributed by atoms with van der Waals surface area (Å²) in [7, 11) is 0. The third-order valence-electron chi connectivity index (χ3n) is 2.30. The lowest BCUT2D eigenvalue weighted by Gasteiger charge is -2.31. The van der Waals surface area contributed by atoms with Crippen LogP contribution in [0.4, 0.5) is 4.39 Å². The molecule has 1 aliphatic rings. The van der Waals surface area contributed by atoms with Crippen molar-refractivity contribution in [2.24, 2.45) is 5.92 Å². The van der Waals surface area contributed by atoms with Crippen molar-refractivity contribution in [3.05, 3.63) is 0 Å². The number of carbonyl (C=O) groups excluding carboxylic acids is 1. The predicted octanol–water partition coefficient (Wildman–Crippen LogP) is 0.278. The fourth-order valence-corrected chi connectivity index (χ4v) is 1.47. The summed E-state index contributed by atoms with van der Waals surface area (Å²) in [4.78, 5) is 22.7. The highest BCUT2D eigenvalue weighted by atomic mass is 19.1. The summed E-state index contributed by atoms with van der Waals surface area (Å²) in [6.45, 7) is 1.60. The second kappa shape index (κ2) is 3.72. The molecule has 0 bridgehead atoms. The van der Waals surface area contributed by atoms with Crippen molar-refractivity contribution in [1.82, 2.24) is 4.90 Å². The van der Waals surface area contributed by atoms with E-state index in [4.69, 9.17) is 5.11 Å². The van der Waals surface area contributed by atoms with E-state index in [2.05, 4.69) is 0 Å². The van der Waals surface area contributed by atoms with Gasteiger partial charge >= 0.3 is 5.97 Å². The monoisotopic (exact) mass is 189 g/mol. The Morgan fingerprint density at radius 1 is 1.54 bits per heavy atom. The molecule has 1 amide bonds. The van der Waals surface area contributed by atoms with Crippen LogP contribution in [-0.4, -0.2) is 41.1 Å². The van der Waals surface area contributed by atoms with Gasteiger partial charge in [0, 0.05) is 13.5 Å². The largest absolute Gasteiger partial charge is 0.481 e. The van der Waals surface area contributed by atoms with Gasteiger partial charge in [-0.3, -0.25) is 9.59 Å². The summed E-state index contributed by atoms with van der Waals surface area (Å²) < 4.78 is 13.1. The zero-order valence-corrected chi connectivity index (χ0v) is 7.36. The van der Waals surface area contributed by atoms with Crippen LogP contribution in [0.15, 0.2) is 0 Å². The van der Waals surface area contributed by atoms with Crippen LogP contribution >= 0.6 is 0 Å². The number of piperidine rings is 1. The van der Waals surface area contributed by atoms with Crippen molar-refractivity contribution in [3.63, 3.8) is 0 Å². The molecule has 1 N–H and O–H groups in total. The number of carbonyl (C=O) groups is 2. The molecule has 0 spiro atoms. The summed E-state index contributed by atoms with van der Waals surface area (Å²) in [5, 5.41) is 8.59. The number of rotatable bonds is 1. The lowest BCUT2D eigenvalue weighted by atomic mass is 9.95. The van der Waals surface area contributed by atoms with Crippen LogP contribution in [-0.2, 0) is 9.59 Å². The minimum absolute atomic E-state index is 0.0910. The molecule has 0 aliphatic carbocycles. The zero-order chi connectivity index (χ0) is 10.0. The van der Waals surface area contributed by atoms with E-state index in [0.717, 1.165) is 0 Å². The molecule has 74 valence electrons. The van der Waals surface area contributed by atoms with Crippen molar-refractivity contribution in [1.29, 1.82) is 0 Å². The molecule has 4 nitrogen and oxygen atoms in total. The van der Waals surface area contributed by atoms with Gasteiger partial charge in [0.2, 0.25) is 5.91 Å². The quantitative estimate of drug-likeness (QED) is 0.644. The third kappa shape index (κ3) is 2.17. The van der Waals surface area contributed by atoms with Gasteiger partial charge in [-0.2, -0.15) is 0 Å². The van der Waals surface area contributed by atoms with Crippen LogP contribution in [0.5, 0.6) is 0 Å². The molecule has 0 aromatic rings. The summed E-state index contributed by atoms with van der Waals surface area (Å²) in [6, 6.07) is 0. The topological polar surface area (TPSA) is 57.6 Å². The number of alkyl halides is 1. The Balaban J connectivity index is 2.56. The molecular weight excluding hydrogens is 177 g/mol. The number of aliphatic carboxylic acids is 1. The van der Waals surface area contributed by atoms with Gasteiger partial charge in [-0.1, -0.05) is 0 Å². The van der Waals surface area contributed by atoms with Crippen molar-refractivity contribution >= 4 is 11.9 Å². The highest BCUT2D eigenvalue weighted by Crippen LogP contribution is 2.20. The Morgan fingerprint density at radius 2 is 2.15 bits per heavy atom. The molecule has 0 aromatic carbocycles. The van der Waals surface area contributed by atoms with E-state index in [0.29, 0.717) is 6.54 Å². The predicted molar refractivity (Wildman–Crippen MR) is 42.9 cm³/mol. The maximum absolute atomic E-state index is 13.1. The fraction of sp³-hybridized carbons (Fsp3) is 0.750. The molecule has 1 fully saturated rings.